The van der Waals surface area contributed by atoms with Gasteiger partial charge in [0.1, 0.15) is 5.82 Å². The van der Waals surface area contributed by atoms with Crippen molar-refractivity contribution in [3.63, 3.8) is 0 Å². The summed E-state index contributed by atoms with van der Waals surface area (Å²) in [5.74, 6) is 2.58. The average molecular weight is 1060 g/mol. The normalized spacial score (nSPS) is 12.0. The molecular formula is C61H56N4OPt-2. The molecule has 7 aromatic carbocycles. The maximum atomic E-state index is 6.69. The second-order valence-electron chi connectivity index (χ2n) is 20.1. The second kappa shape index (κ2) is 17.9. The van der Waals surface area contributed by atoms with Crippen molar-refractivity contribution in [1.82, 2.24) is 14.1 Å². The van der Waals surface area contributed by atoms with E-state index in [-0.39, 0.29) is 31.9 Å². The predicted molar refractivity (Wildman–Crippen MR) is 272 cm³/mol. The zero-order valence-corrected chi connectivity index (χ0v) is 42.1. The van der Waals surface area contributed by atoms with Gasteiger partial charge in [-0.1, -0.05) is 164 Å². The van der Waals surface area contributed by atoms with Crippen LogP contribution in [0.4, 0.5) is 0 Å². The van der Waals surface area contributed by atoms with E-state index in [0.29, 0.717) is 17.4 Å². The van der Waals surface area contributed by atoms with Gasteiger partial charge in [0.2, 0.25) is 0 Å². The molecule has 10 aromatic rings. The number of hydrogen-bond acceptors (Lipinski definition) is 2. The molecule has 0 fully saturated rings. The summed E-state index contributed by atoms with van der Waals surface area (Å²) < 4.78 is 13.3. The van der Waals surface area contributed by atoms with E-state index in [0.717, 1.165) is 78.7 Å². The van der Waals surface area contributed by atoms with Crippen molar-refractivity contribution in [3.8, 4) is 50.9 Å². The maximum Gasteiger partial charge on any atom is 0.268 e. The number of rotatable bonds is 9. The molecule has 0 spiro atoms. The number of aromatic nitrogens is 4. The first kappa shape index (κ1) is 45.6. The van der Waals surface area contributed by atoms with Gasteiger partial charge < -0.3 is 13.9 Å². The Balaban J connectivity index is 0.00000562. The topological polar surface area (TPSA) is 35.9 Å². The number of imidazole rings is 1. The van der Waals surface area contributed by atoms with Gasteiger partial charge in [0.25, 0.3) is 6.33 Å². The quantitative estimate of drug-likeness (QED) is 0.107. The maximum absolute atomic E-state index is 6.69. The minimum atomic E-state index is -0.0414. The van der Waals surface area contributed by atoms with Gasteiger partial charge in [-0.3, -0.25) is 4.57 Å². The number of ether oxygens (including phenoxy) is 1. The fourth-order valence-corrected chi connectivity index (χ4v) is 9.28. The molecule has 10 rings (SSSR count). The standard InChI is InChI=1S/C61H56N4O.Pt/c1-40(2)32-42-30-31-62-57(33-42)65-54-26-14-13-23-52(54)53-29-28-49(38-56(53)65)66-48-22-16-21-47(37-48)63-39-64(58-41(3)18-15-27-55(58)63)59-50(43-19-11-10-12-20-43)24-17-25-51(59)44-34-45(60(4,5)6)36-46(35-44)61(7,8)9;/h10-31,33-36,40H,32H2,1-9H3;/q-2;. The molecule has 0 N–H and O–H groups in total. The molecule has 5 nitrogen and oxygen atoms in total. The molecule has 0 bridgehead atoms. The number of benzene rings is 7. The molecule has 0 aliphatic heterocycles. The van der Waals surface area contributed by atoms with E-state index < -0.39 is 0 Å². The number of nitrogens with zero attached hydrogens (tertiary/aromatic N) is 4. The number of hydrogen-bond donors (Lipinski definition) is 0. The predicted octanol–water partition coefficient (Wildman–Crippen LogP) is 15.0. The van der Waals surface area contributed by atoms with Crippen molar-refractivity contribution in [1.29, 1.82) is 0 Å². The molecule has 0 saturated carbocycles. The van der Waals surface area contributed by atoms with Crippen molar-refractivity contribution < 1.29 is 30.4 Å². The Morgan fingerprint density at radius 2 is 1.28 bits per heavy atom. The summed E-state index contributed by atoms with van der Waals surface area (Å²) in [6, 6.07) is 61.3. The zero-order chi connectivity index (χ0) is 45.9. The Labute approximate surface area is 410 Å². The molecule has 3 aromatic heterocycles. The molecule has 0 aliphatic carbocycles. The molecule has 0 saturated heterocycles. The van der Waals surface area contributed by atoms with Crippen LogP contribution in [-0.2, 0) is 38.3 Å². The van der Waals surface area contributed by atoms with Crippen LogP contribution in [0.25, 0.3) is 72.3 Å². The summed E-state index contributed by atoms with van der Waals surface area (Å²) >= 11 is 0. The van der Waals surface area contributed by atoms with Crippen LogP contribution in [0.15, 0.2) is 158 Å². The van der Waals surface area contributed by atoms with E-state index in [1.807, 2.05) is 24.4 Å². The third-order valence-electron chi connectivity index (χ3n) is 12.7. The Morgan fingerprint density at radius 1 is 0.627 bits per heavy atom. The van der Waals surface area contributed by atoms with E-state index in [1.54, 1.807) is 0 Å². The summed E-state index contributed by atoms with van der Waals surface area (Å²) in [7, 11) is 0. The molecule has 0 radical (unpaired) electrons. The van der Waals surface area contributed by atoms with Crippen molar-refractivity contribution in [2.45, 2.75) is 79.6 Å². The van der Waals surface area contributed by atoms with Gasteiger partial charge >= 0.3 is 0 Å². The summed E-state index contributed by atoms with van der Waals surface area (Å²) in [5, 5.41) is 2.24. The van der Waals surface area contributed by atoms with Crippen molar-refractivity contribution >= 4 is 32.8 Å². The average Bonchev–Trinajstić information content (AvgIpc) is 3.85. The number of pyridine rings is 1. The SMILES string of the molecule is Cc1cccc2c1[n+](-c1c(-c3ccccc3)cccc1-c1cc(C(C)(C)C)cc(C(C)(C)C)c1)[c-]n2-c1[c-]c(Oc2[c-]c3c(cc2)c2ccccc2n3-c2cc(CC(C)C)ccn2)ccc1.[Pt]. The number of aryl methyl sites for hydroxylation is 1. The van der Waals surface area contributed by atoms with Gasteiger partial charge in [0, 0.05) is 44.3 Å². The van der Waals surface area contributed by atoms with Gasteiger partial charge in [-0.2, -0.15) is 18.2 Å². The zero-order valence-electron chi connectivity index (χ0n) is 39.8. The first-order valence-corrected chi connectivity index (χ1v) is 23.1. The molecule has 0 atom stereocenters. The van der Waals surface area contributed by atoms with Gasteiger partial charge in [0.15, 0.2) is 0 Å². The Kier molecular flexibility index (Phi) is 12.2. The van der Waals surface area contributed by atoms with Crippen molar-refractivity contribution in [3.05, 3.63) is 199 Å². The Hall–Kier alpha value is -6.55. The van der Waals surface area contributed by atoms with Crippen LogP contribution >= 0.6 is 0 Å². The first-order chi connectivity index (χ1) is 31.7. The number of fused-ring (bicyclic) bond motifs is 4. The first-order valence-electron chi connectivity index (χ1n) is 23.1. The van der Waals surface area contributed by atoms with Gasteiger partial charge in [-0.05, 0) is 104 Å². The van der Waals surface area contributed by atoms with Crippen molar-refractivity contribution in [2.75, 3.05) is 0 Å². The molecule has 6 heteroatoms. The summed E-state index contributed by atoms with van der Waals surface area (Å²) in [4.78, 5) is 4.86. The van der Waals surface area contributed by atoms with Crippen LogP contribution in [0.1, 0.15) is 77.6 Å². The van der Waals surface area contributed by atoms with Crippen LogP contribution in [-0.4, -0.2) is 14.1 Å². The summed E-state index contributed by atoms with van der Waals surface area (Å²) in [6.45, 7) is 20.5. The van der Waals surface area contributed by atoms with E-state index >= 15 is 0 Å². The van der Waals surface area contributed by atoms with Crippen LogP contribution in [0.3, 0.4) is 0 Å². The monoisotopic (exact) mass is 1060 g/mol. The molecule has 67 heavy (non-hydrogen) atoms. The van der Waals surface area contributed by atoms with Crippen molar-refractivity contribution in [2.24, 2.45) is 5.92 Å². The van der Waals surface area contributed by atoms with E-state index in [1.165, 1.54) is 22.3 Å². The molecule has 0 unspecified atom stereocenters. The minimum Gasteiger partial charge on any atom is -0.510 e. The Bertz CT molecular complexity index is 3400. The molecular weight excluding hydrogens is 1000 g/mol. The van der Waals surface area contributed by atoms with Gasteiger partial charge in [0.05, 0.1) is 16.7 Å². The van der Waals surface area contributed by atoms with Crippen LogP contribution in [0, 0.1) is 31.3 Å². The van der Waals surface area contributed by atoms with Crippen LogP contribution < -0.4 is 9.30 Å². The number of para-hydroxylation sites is 3. The third kappa shape index (κ3) is 8.78. The minimum absolute atomic E-state index is 0. The van der Waals surface area contributed by atoms with E-state index in [2.05, 4.69) is 228 Å². The molecule has 0 aliphatic rings. The third-order valence-corrected chi connectivity index (χ3v) is 12.7. The van der Waals surface area contributed by atoms with E-state index in [4.69, 9.17) is 9.72 Å². The van der Waals surface area contributed by atoms with Crippen LogP contribution in [0.5, 0.6) is 11.5 Å². The fourth-order valence-electron chi connectivity index (χ4n) is 9.28. The molecule has 338 valence electrons. The smallest absolute Gasteiger partial charge is 0.268 e. The molecule has 0 amide bonds. The van der Waals surface area contributed by atoms with Crippen LogP contribution in [0.2, 0.25) is 0 Å². The van der Waals surface area contributed by atoms with E-state index in [9.17, 15) is 0 Å². The summed E-state index contributed by atoms with van der Waals surface area (Å²) in [6.07, 6.45) is 6.77. The largest absolute Gasteiger partial charge is 0.510 e. The fraction of sp³-hybridized carbons (Fsp3) is 0.213. The van der Waals surface area contributed by atoms with Gasteiger partial charge in [-0.25, -0.2) is 4.98 Å². The Morgan fingerprint density at radius 3 is 2.01 bits per heavy atom. The second-order valence-corrected chi connectivity index (χ2v) is 20.1. The molecule has 3 heterocycles. The van der Waals surface area contributed by atoms with Gasteiger partial charge in [-0.15, -0.1) is 29.7 Å². The summed E-state index contributed by atoms with van der Waals surface area (Å²) in [5.41, 5.74) is 15.5.